The van der Waals surface area contributed by atoms with Gasteiger partial charge in [-0.2, -0.15) is 5.26 Å². The van der Waals surface area contributed by atoms with Crippen molar-refractivity contribution in [3.05, 3.63) is 101 Å². The third-order valence-electron chi connectivity index (χ3n) is 5.62. The average Bonchev–Trinajstić information content (AvgIpc) is 3.17. The Balaban J connectivity index is 1.56. The molecule has 1 aromatic heterocycles. The van der Waals surface area contributed by atoms with E-state index in [4.69, 9.17) is 15.2 Å². The predicted octanol–water partition coefficient (Wildman–Crippen LogP) is 4.67. The van der Waals surface area contributed by atoms with Crippen LogP contribution in [0.15, 0.2) is 78.2 Å². The number of hydrogen-bond donors (Lipinski definition) is 2. The lowest BCUT2D eigenvalue weighted by Crippen LogP contribution is -2.21. The first-order chi connectivity index (χ1) is 15.2. The number of fused-ring (bicyclic) bond motifs is 2. The van der Waals surface area contributed by atoms with Crippen LogP contribution in [-0.4, -0.2) is 10.2 Å². The molecule has 2 heterocycles. The maximum Gasteiger partial charge on any atom is 0.244 e. The number of aryl methyl sites for hydroxylation is 1. The van der Waals surface area contributed by atoms with Crippen molar-refractivity contribution in [1.82, 2.24) is 10.2 Å². The van der Waals surface area contributed by atoms with Gasteiger partial charge in [-0.25, -0.2) is 0 Å². The molecule has 3 aromatic carbocycles. The first-order valence-corrected chi connectivity index (χ1v) is 9.98. The van der Waals surface area contributed by atoms with Crippen molar-refractivity contribution in [2.75, 3.05) is 0 Å². The third kappa shape index (κ3) is 3.17. The van der Waals surface area contributed by atoms with Crippen molar-refractivity contribution in [2.45, 2.75) is 19.4 Å². The van der Waals surface area contributed by atoms with Gasteiger partial charge < -0.3 is 15.2 Å². The molecule has 1 atom stereocenters. The van der Waals surface area contributed by atoms with Crippen LogP contribution in [-0.2, 0) is 6.61 Å². The van der Waals surface area contributed by atoms with Crippen molar-refractivity contribution in [3.8, 4) is 17.7 Å². The van der Waals surface area contributed by atoms with Gasteiger partial charge in [-0.15, -0.1) is 5.10 Å². The van der Waals surface area contributed by atoms with E-state index in [2.05, 4.69) is 40.5 Å². The van der Waals surface area contributed by atoms with Crippen LogP contribution in [0.3, 0.4) is 0 Å². The number of nitrogens with two attached hydrogens (primary N) is 1. The van der Waals surface area contributed by atoms with Gasteiger partial charge in [0.25, 0.3) is 0 Å². The molecule has 0 amide bonds. The monoisotopic (exact) mass is 408 g/mol. The second-order valence-corrected chi connectivity index (χ2v) is 7.46. The number of nitrogens with zero attached hydrogens (tertiary/aromatic N) is 2. The molecule has 0 aliphatic carbocycles. The van der Waals surface area contributed by atoms with Crippen molar-refractivity contribution in [2.24, 2.45) is 5.73 Å². The summed E-state index contributed by atoms with van der Waals surface area (Å²) in [6.07, 6.45) is 0. The summed E-state index contributed by atoms with van der Waals surface area (Å²) in [5, 5.41) is 19.3. The minimum absolute atomic E-state index is 0.0651. The molecule has 0 bridgehead atoms. The Morgan fingerprint density at radius 2 is 1.87 bits per heavy atom. The average molecular weight is 408 g/mol. The molecule has 152 valence electrons. The molecule has 6 heteroatoms. The van der Waals surface area contributed by atoms with Crippen molar-refractivity contribution < 1.29 is 9.47 Å². The lowest BCUT2D eigenvalue weighted by molar-refractivity contribution is 0.303. The van der Waals surface area contributed by atoms with Crippen molar-refractivity contribution in [3.63, 3.8) is 0 Å². The van der Waals surface area contributed by atoms with E-state index >= 15 is 0 Å². The normalized spacial score (nSPS) is 15.3. The summed E-state index contributed by atoms with van der Waals surface area (Å²) in [6, 6.07) is 24.4. The van der Waals surface area contributed by atoms with Gasteiger partial charge in [0.15, 0.2) is 0 Å². The summed E-state index contributed by atoms with van der Waals surface area (Å²) in [6.45, 7) is 2.30. The zero-order chi connectivity index (χ0) is 21.4. The van der Waals surface area contributed by atoms with Gasteiger partial charge in [-0.05, 0) is 29.3 Å². The maximum absolute atomic E-state index is 9.83. The molecule has 0 fully saturated rings. The highest BCUT2D eigenvalue weighted by atomic mass is 16.5. The minimum Gasteiger partial charge on any atom is -0.489 e. The van der Waals surface area contributed by atoms with Crippen molar-refractivity contribution >= 4 is 10.8 Å². The van der Waals surface area contributed by atoms with E-state index in [0.717, 1.165) is 27.8 Å². The number of H-pyrrole nitrogens is 1. The van der Waals surface area contributed by atoms with E-state index in [0.29, 0.717) is 23.8 Å². The molecule has 0 saturated heterocycles. The molecular weight excluding hydrogens is 388 g/mol. The molecule has 1 aliphatic rings. The van der Waals surface area contributed by atoms with Crippen molar-refractivity contribution in [1.29, 1.82) is 5.26 Å². The topological polar surface area (TPSA) is 97.0 Å². The molecule has 1 aliphatic heterocycles. The molecule has 0 unspecified atom stereocenters. The van der Waals surface area contributed by atoms with E-state index in [1.54, 1.807) is 0 Å². The lowest BCUT2D eigenvalue weighted by atomic mass is 9.83. The first-order valence-electron chi connectivity index (χ1n) is 9.98. The van der Waals surface area contributed by atoms with Gasteiger partial charge in [0, 0.05) is 16.8 Å². The Morgan fingerprint density at radius 3 is 2.74 bits per heavy atom. The molecule has 0 radical (unpaired) electrons. The molecule has 5 rings (SSSR count). The zero-order valence-corrected chi connectivity index (χ0v) is 16.9. The predicted molar refractivity (Wildman–Crippen MR) is 117 cm³/mol. The SMILES string of the molecule is Cc1[nH]nc2c1[C@@H](c1ccccc1OCc1cccc3ccccc13)C(C#N)=C(N)O2. The molecule has 0 saturated carbocycles. The summed E-state index contributed by atoms with van der Waals surface area (Å²) in [7, 11) is 0. The smallest absolute Gasteiger partial charge is 0.244 e. The summed E-state index contributed by atoms with van der Waals surface area (Å²) in [5.41, 5.74) is 9.96. The van der Waals surface area contributed by atoms with Crippen LogP contribution < -0.4 is 15.2 Å². The lowest BCUT2D eigenvalue weighted by Gasteiger charge is -2.25. The maximum atomic E-state index is 9.83. The highest BCUT2D eigenvalue weighted by Gasteiger charge is 2.35. The summed E-state index contributed by atoms with van der Waals surface area (Å²) in [4.78, 5) is 0. The van der Waals surface area contributed by atoms with Gasteiger partial charge in [-0.1, -0.05) is 60.7 Å². The van der Waals surface area contributed by atoms with E-state index in [9.17, 15) is 5.26 Å². The Hall–Kier alpha value is -4.24. The van der Waals surface area contributed by atoms with Gasteiger partial charge in [0.2, 0.25) is 11.8 Å². The second-order valence-electron chi connectivity index (χ2n) is 7.46. The van der Waals surface area contributed by atoms with Crippen LogP contribution in [0.5, 0.6) is 11.6 Å². The van der Waals surface area contributed by atoms with Crippen LogP contribution in [0.1, 0.15) is 28.3 Å². The van der Waals surface area contributed by atoms with Crippen LogP contribution in [0, 0.1) is 18.3 Å². The number of nitrogens with one attached hydrogen (secondary N) is 1. The molecule has 6 nitrogen and oxygen atoms in total. The Kier molecular flexibility index (Phi) is 4.57. The van der Waals surface area contributed by atoms with Gasteiger partial charge in [0.1, 0.15) is 24.0 Å². The summed E-state index contributed by atoms with van der Waals surface area (Å²) in [5.74, 6) is 0.726. The number of aromatic nitrogens is 2. The number of ether oxygens (including phenoxy) is 2. The molecule has 0 spiro atoms. The summed E-state index contributed by atoms with van der Waals surface area (Å²) >= 11 is 0. The molecule has 4 aromatic rings. The Morgan fingerprint density at radius 1 is 1.10 bits per heavy atom. The number of hydrogen-bond acceptors (Lipinski definition) is 5. The van der Waals surface area contributed by atoms with Crippen LogP contribution in [0.4, 0.5) is 0 Å². The number of benzene rings is 3. The molecule has 31 heavy (non-hydrogen) atoms. The third-order valence-corrected chi connectivity index (χ3v) is 5.62. The largest absolute Gasteiger partial charge is 0.489 e. The minimum atomic E-state index is -0.420. The standard InChI is InChI=1S/C25H20N4O2/c1-15-22-23(20(13-26)24(27)31-25(22)29-28-15)19-11-4-5-12-21(19)30-14-17-9-6-8-16-7-2-3-10-18(16)17/h2-12,23H,14,27H2,1H3,(H,28,29)/t23-/m0/s1. The molecule has 3 N–H and O–H groups in total. The van der Waals surface area contributed by atoms with E-state index in [1.165, 1.54) is 5.39 Å². The second kappa shape index (κ2) is 7.54. The zero-order valence-electron chi connectivity index (χ0n) is 16.9. The number of nitriles is 1. The number of allylic oxidation sites excluding steroid dienone is 1. The van der Waals surface area contributed by atoms with E-state index in [-0.39, 0.29) is 5.88 Å². The highest BCUT2D eigenvalue weighted by molar-refractivity contribution is 5.85. The Labute approximate surface area is 179 Å². The number of para-hydroxylation sites is 1. The van der Waals surface area contributed by atoms with Gasteiger partial charge in [0.05, 0.1) is 5.92 Å². The van der Waals surface area contributed by atoms with Crippen LogP contribution >= 0.6 is 0 Å². The van der Waals surface area contributed by atoms with Crippen LogP contribution in [0.25, 0.3) is 10.8 Å². The fourth-order valence-corrected chi connectivity index (χ4v) is 4.13. The summed E-state index contributed by atoms with van der Waals surface area (Å²) < 4.78 is 11.9. The first kappa shape index (κ1) is 18.8. The highest BCUT2D eigenvalue weighted by Crippen LogP contribution is 2.45. The van der Waals surface area contributed by atoms with Gasteiger partial charge >= 0.3 is 0 Å². The fraction of sp³-hybridized carbons (Fsp3) is 0.120. The number of aromatic amines is 1. The Bertz CT molecular complexity index is 1360. The van der Waals surface area contributed by atoms with E-state index in [1.807, 2.05) is 49.4 Å². The fourth-order valence-electron chi connectivity index (χ4n) is 4.13. The van der Waals surface area contributed by atoms with E-state index < -0.39 is 5.92 Å². The van der Waals surface area contributed by atoms with Gasteiger partial charge in [-0.3, -0.25) is 5.10 Å². The number of rotatable bonds is 4. The quantitative estimate of drug-likeness (QED) is 0.511. The van der Waals surface area contributed by atoms with Crippen LogP contribution in [0.2, 0.25) is 0 Å². The molecular formula is C25H20N4O2.